The highest BCUT2D eigenvalue weighted by atomic mass is 16.1. The minimum Gasteiger partial charge on any atom is -0.294 e. The highest BCUT2D eigenvalue weighted by Crippen LogP contribution is 2.68. The van der Waals surface area contributed by atoms with E-state index in [0.29, 0.717) is 11.2 Å². The lowest BCUT2D eigenvalue weighted by Gasteiger charge is -2.61. The maximum Gasteiger partial charge on any atom is 0.167 e. The van der Waals surface area contributed by atoms with Gasteiger partial charge >= 0.3 is 0 Å². The summed E-state index contributed by atoms with van der Waals surface area (Å²) in [7, 11) is 0. The van der Waals surface area contributed by atoms with Gasteiger partial charge in [0.25, 0.3) is 0 Å². The van der Waals surface area contributed by atoms with Crippen LogP contribution in [0.15, 0.2) is 54.6 Å². The summed E-state index contributed by atoms with van der Waals surface area (Å²) in [6, 6.07) is 18.8. The first-order valence-corrected chi connectivity index (χ1v) is 14.1. The lowest BCUT2D eigenvalue weighted by molar-refractivity contribution is -0.114. The van der Waals surface area contributed by atoms with E-state index in [1.807, 2.05) is 0 Å². The van der Waals surface area contributed by atoms with Gasteiger partial charge in [-0.15, -0.1) is 0 Å². The molecule has 0 saturated heterocycles. The molecule has 1 heteroatoms. The molecule has 0 amide bonds. The molecule has 8 unspecified atom stereocenters. The number of hydrogen-bond acceptors (Lipinski definition) is 1. The molecule has 8 atom stereocenters. The Morgan fingerprint density at radius 1 is 0.765 bits per heavy atom. The Bertz CT molecular complexity index is 1060. The number of ketones is 1. The van der Waals surface area contributed by atoms with Crippen molar-refractivity contribution in [1.82, 2.24) is 0 Å². The second kappa shape index (κ2) is 8.35. The van der Waals surface area contributed by atoms with Crippen LogP contribution in [0.1, 0.15) is 88.9 Å². The van der Waals surface area contributed by atoms with Gasteiger partial charge in [0, 0.05) is 11.5 Å². The summed E-state index contributed by atoms with van der Waals surface area (Å²) in [5.41, 5.74) is 3.94. The van der Waals surface area contributed by atoms with Crippen molar-refractivity contribution in [2.45, 2.75) is 78.6 Å². The number of fused-ring (bicyclic) bond motifs is 5. The minimum atomic E-state index is 0.174. The molecule has 4 fully saturated rings. The number of carbonyl (C=O) groups excluding carboxylic acids is 1. The summed E-state index contributed by atoms with van der Waals surface area (Å²) in [5.74, 6) is 4.92. The maximum absolute atomic E-state index is 14.2. The monoisotopic (exact) mass is 454 g/mol. The van der Waals surface area contributed by atoms with Crippen LogP contribution >= 0.6 is 0 Å². The average molecular weight is 455 g/mol. The number of carbonyl (C=O) groups is 1. The van der Waals surface area contributed by atoms with Crippen molar-refractivity contribution in [2.75, 3.05) is 0 Å². The van der Waals surface area contributed by atoms with Crippen LogP contribution in [0.5, 0.6) is 0 Å². The van der Waals surface area contributed by atoms with E-state index in [2.05, 4.69) is 75.4 Å². The molecule has 180 valence electrons. The Morgan fingerprint density at radius 2 is 1.47 bits per heavy atom. The van der Waals surface area contributed by atoms with Crippen LogP contribution in [0.25, 0.3) is 11.1 Å². The van der Waals surface area contributed by atoms with E-state index in [-0.39, 0.29) is 11.3 Å². The largest absolute Gasteiger partial charge is 0.294 e. The Balaban J connectivity index is 1.29. The van der Waals surface area contributed by atoms with Gasteiger partial charge in [0.1, 0.15) is 0 Å². The predicted molar refractivity (Wildman–Crippen MR) is 141 cm³/mol. The van der Waals surface area contributed by atoms with Crippen molar-refractivity contribution in [1.29, 1.82) is 0 Å². The highest BCUT2D eigenvalue weighted by Gasteiger charge is 2.61. The zero-order chi connectivity index (χ0) is 23.5. The standard InChI is InChI=1S/C33H42O/c1-22-17-19-32(2)24(21-22)13-14-27-28-15-16-30(33(28,3)20-18-29(27)32)31(34)26-12-8-7-11-25(26)23-9-5-4-6-10-23/h4-12,22,24,27-30H,13-21H2,1-3H3. The van der Waals surface area contributed by atoms with Crippen LogP contribution in [0, 0.1) is 46.3 Å². The Morgan fingerprint density at radius 3 is 2.29 bits per heavy atom. The van der Waals surface area contributed by atoms with E-state index in [4.69, 9.17) is 0 Å². The van der Waals surface area contributed by atoms with Crippen molar-refractivity contribution in [3.63, 3.8) is 0 Å². The number of Topliss-reactive ketones (excluding diaryl/α,β-unsaturated/α-hetero) is 1. The van der Waals surface area contributed by atoms with Crippen molar-refractivity contribution in [3.8, 4) is 11.1 Å². The van der Waals surface area contributed by atoms with Gasteiger partial charge in [-0.3, -0.25) is 4.79 Å². The maximum atomic E-state index is 14.2. The molecule has 0 bridgehead atoms. The topological polar surface area (TPSA) is 17.1 Å². The molecule has 4 aliphatic rings. The molecule has 4 aliphatic carbocycles. The van der Waals surface area contributed by atoms with E-state index in [0.717, 1.165) is 52.7 Å². The van der Waals surface area contributed by atoms with Gasteiger partial charge in [-0.2, -0.15) is 0 Å². The third-order valence-electron chi connectivity index (χ3n) is 11.5. The van der Waals surface area contributed by atoms with E-state index < -0.39 is 0 Å². The molecule has 0 aromatic heterocycles. The Labute approximate surface area is 206 Å². The molecule has 4 saturated carbocycles. The van der Waals surface area contributed by atoms with Gasteiger partial charge in [0.15, 0.2) is 5.78 Å². The molecular formula is C33H42O. The van der Waals surface area contributed by atoms with Crippen molar-refractivity contribution in [2.24, 2.45) is 46.3 Å². The Hall–Kier alpha value is -1.89. The number of benzene rings is 2. The SMILES string of the molecule is CC1CCC2(C)C(CCC3C2CCC2(C)C(C(=O)c4ccccc4-c4ccccc4)CCC32)C1. The molecule has 2 aromatic carbocycles. The average Bonchev–Trinajstić information content (AvgIpc) is 3.22. The van der Waals surface area contributed by atoms with E-state index >= 15 is 0 Å². The zero-order valence-corrected chi connectivity index (χ0v) is 21.4. The summed E-state index contributed by atoms with van der Waals surface area (Å²) >= 11 is 0. The first-order valence-electron chi connectivity index (χ1n) is 14.1. The van der Waals surface area contributed by atoms with Crippen LogP contribution in [-0.2, 0) is 0 Å². The normalized spacial score (nSPS) is 41.3. The fourth-order valence-electron chi connectivity index (χ4n) is 9.66. The highest BCUT2D eigenvalue weighted by molar-refractivity contribution is 6.04. The summed E-state index contributed by atoms with van der Waals surface area (Å²) in [5, 5.41) is 0. The fourth-order valence-corrected chi connectivity index (χ4v) is 9.66. The summed E-state index contributed by atoms with van der Waals surface area (Å²) in [4.78, 5) is 14.2. The molecule has 1 nitrogen and oxygen atoms in total. The smallest absolute Gasteiger partial charge is 0.167 e. The summed E-state index contributed by atoms with van der Waals surface area (Å²) < 4.78 is 0. The molecule has 0 N–H and O–H groups in total. The second-order valence-corrected chi connectivity index (χ2v) is 13.0. The fraction of sp³-hybridized carbons (Fsp3) is 0.606. The molecular weight excluding hydrogens is 412 g/mol. The molecule has 0 aliphatic heterocycles. The van der Waals surface area contributed by atoms with Gasteiger partial charge in [0.2, 0.25) is 0 Å². The van der Waals surface area contributed by atoms with E-state index in [9.17, 15) is 4.79 Å². The van der Waals surface area contributed by atoms with Gasteiger partial charge in [-0.05, 0) is 103 Å². The predicted octanol–water partition coefficient (Wildman–Crippen LogP) is 8.83. The first kappa shape index (κ1) is 22.6. The van der Waals surface area contributed by atoms with Crippen LogP contribution in [0.2, 0.25) is 0 Å². The number of hydrogen-bond donors (Lipinski definition) is 0. The molecule has 0 heterocycles. The lowest BCUT2D eigenvalue weighted by Crippen LogP contribution is -2.53. The van der Waals surface area contributed by atoms with E-state index in [1.165, 1.54) is 51.4 Å². The van der Waals surface area contributed by atoms with Crippen molar-refractivity contribution in [3.05, 3.63) is 60.2 Å². The zero-order valence-electron chi connectivity index (χ0n) is 21.4. The van der Waals surface area contributed by atoms with Crippen LogP contribution < -0.4 is 0 Å². The van der Waals surface area contributed by atoms with Crippen LogP contribution in [0.4, 0.5) is 0 Å². The molecule has 0 radical (unpaired) electrons. The quantitative estimate of drug-likeness (QED) is 0.423. The van der Waals surface area contributed by atoms with Gasteiger partial charge < -0.3 is 0 Å². The third-order valence-corrected chi connectivity index (χ3v) is 11.5. The second-order valence-electron chi connectivity index (χ2n) is 13.0. The first-order chi connectivity index (χ1) is 16.4. The third kappa shape index (κ3) is 3.36. The minimum absolute atomic E-state index is 0.174. The molecule has 34 heavy (non-hydrogen) atoms. The van der Waals surface area contributed by atoms with Crippen molar-refractivity contribution >= 4 is 5.78 Å². The Kier molecular flexibility index (Phi) is 5.54. The van der Waals surface area contributed by atoms with Crippen molar-refractivity contribution < 1.29 is 4.79 Å². The van der Waals surface area contributed by atoms with Gasteiger partial charge in [-0.1, -0.05) is 81.8 Å². The summed E-state index contributed by atoms with van der Waals surface area (Å²) in [6.07, 6.45) is 12.1. The lowest BCUT2D eigenvalue weighted by atomic mass is 9.44. The van der Waals surface area contributed by atoms with Crippen LogP contribution in [0.3, 0.4) is 0 Å². The molecule has 6 rings (SSSR count). The molecule has 2 aromatic rings. The van der Waals surface area contributed by atoms with Gasteiger partial charge in [0.05, 0.1) is 0 Å². The van der Waals surface area contributed by atoms with E-state index in [1.54, 1.807) is 0 Å². The number of rotatable bonds is 3. The molecule has 0 spiro atoms. The van der Waals surface area contributed by atoms with Gasteiger partial charge in [-0.25, -0.2) is 0 Å². The summed E-state index contributed by atoms with van der Waals surface area (Å²) in [6.45, 7) is 7.65. The van der Waals surface area contributed by atoms with Crippen LogP contribution in [-0.4, -0.2) is 5.78 Å².